The number of nitrogens with two attached hydrogens (primary N) is 1. The minimum atomic E-state index is -4.70. The molecule has 0 fully saturated rings. The molecule has 140 valence electrons. The van der Waals surface area contributed by atoms with Crippen LogP contribution < -0.4 is 11.3 Å². The summed E-state index contributed by atoms with van der Waals surface area (Å²) >= 11 is 0. The normalized spacial score (nSPS) is 14.7. The van der Waals surface area contributed by atoms with Crippen molar-refractivity contribution in [2.75, 3.05) is 32.7 Å². The summed E-state index contributed by atoms with van der Waals surface area (Å²) in [6.07, 6.45) is -0.771. The molecule has 0 spiro atoms. The molecule has 2 heterocycles. The van der Waals surface area contributed by atoms with E-state index in [2.05, 4.69) is 19.5 Å². The van der Waals surface area contributed by atoms with E-state index < -0.39 is 38.9 Å². The first-order chi connectivity index (χ1) is 11.7. The number of nitrogens with one attached hydrogen (secondary N) is 1. The Balaban J connectivity index is 2.26. The number of rotatable bonds is 9. The first-order valence-corrected chi connectivity index (χ1v) is 8.46. The standard InChI is InChI=1S/C11H18N5O8P/c1-22-3-6(4-23-25(19,20)21)24-7(2-17)16-5-13-8-9(16)14-11(12)15-10(8)18/h5-7,17H,2-4H2,1H3,(H2,19,20,21)(H3,12,14,15,18)/t6-,7+/m0/s1. The van der Waals surface area contributed by atoms with E-state index in [0.717, 1.165) is 0 Å². The molecule has 0 saturated carbocycles. The van der Waals surface area contributed by atoms with E-state index in [1.165, 1.54) is 18.0 Å². The first-order valence-electron chi connectivity index (χ1n) is 6.92. The monoisotopic (exact) mass is 379 g/mol. The van der Waals surface area contributed by atoms with Gasteiger partial charge >= 0.3 is 7.82 Å². The van der Waals surface area contributed by atoms with Gasteiger partial charge in [0.2, 0.25) is 5.95 Å². The SMILES string of the molecule is COC[C@@H](COP(=O)(O)O)O[C@H](CO)n1cnc2c(=O)[nH]c(N)nc21. The number of aliphatic hydroxyl groups is 1. The van der Waals surface area contributed by atoms with Crippen molar-refractivity contribution in [1.29, 1.82) is 0 Å². The number of fused-ring (bicyclic) bond motifs is 1. The lowest BCUT2D eigenvalue weighted by Gasteiger charge is -2.24. The zero-order valence-corrected chi connectivity index (χ0v) is 14.0. The first kappa shape index (κ1) is 19.5. The fourth-order valence-corrected chi connectivity index (χ4v) is 2.43. The van der Waals surface area contributed by atoms with E-state index in [0.29, 0.717) is 0 Å². The number of anilines is 1. The summed E-state index contributed by atoms with van der Waals surface area (Å²) < 4.78 is 26.9. The van der Waals surface area contributed by atoms with Crippen LogP contribution in [0.25, 0.3) is 11.2 Å². The van der Waals surface area contributed by atoms with Crippen molar-refractivity contribution >= 4 is 24.9 Å². The van der Waals surface area contributed by atoms with Gasteiger partial charge in [-0.1, -0.05) is 0 Å². The Hall–Kier alpha value is -1.86. The lowest BCUT2D eigenvalue weighted by atomic mass is 10.4. The lowest BCUT2D eigenvalue weighted by Crippen LogP contribution is -2.30. The number of hydrogen-bond donors (Lipinski definition) is 5. The number of hydrogen-bond acceptors (Lipinski definition) is 9. The van der Waals surface area contributed by atoms with Crippen LogP contribution in [0.3, 0.4) is 0 Å². The Labute approximate surface area is 140 Å². The van der Waals surface area contributed by atoms with Gasteiger partial charge in [0.15, 0.2) is 17.4 Å². The number of phosphoric acid groups is 1. The molecule has 0 saturated heterocycles. The molecule has 2 rings (SSSR count). The molecule has 25 heavy (non-hydrogen) atoms. The summed E-state index contributed by atoms with van der Waals surface area (Å²) in [5, 5.41) is 9.59. The summed E-state index contributed by atoms with van der Waals surface area (Å²) in [6, 6.07) is 0. The van der Waals surface area contributed by atoms with Gasteiger partial charge in [-0.2, -0.15) is 4.98 Å². The van der Waals surface area contributed by atoms with Crippen LogP contribution in [0.4, 0.5) is 5.95 Å². The van der Waals surface area contributed by atoms with Crippen LogP contribution in [0.2, 0.25) is 0 Å². The number of methoxy groups -OCH3 is 1. The summed E-state index contributed by atoms with van der Waals surface area (Å²) in [5.74, 6) is -0.144. The van der Waals surface area contributed by atoms with Gasteiger partial charge in [0.1, 0.15) is 6.10 Å². The highest BCUT2D eigenvalue weighted by Crippen LogP contribution is 2.36. The third-order valence-electron chi connectivity index (χ3n) is 3.05. The van der Waals surface area contributed by atoms with Crippen molar-refractivity contribution in [3.05, 3.63) is 16.7 Å². The molecule has 2 aromatic rings. The number of aliphatic hydroxyl groups excluding tert-OH is 1. The molecule has 0 bridgehead atoms. The van der Waals surface area contributed by atoms with Crippen molar-refractivity contribution in [2.45, 2.75) is 12.3 Å². The van der Waals surface area contributed by atoms with E-state index in [9.17, 15) is 14.5 Å². The molecule has 0 radical (unpaired) electrons. The van der Waals surface area contributed by atoms with Crippen LogP contribution in [0, 0.1) is 0 Å². The number of ether oxygens (including phenoxy) is 2. The quantitative estimate of drug-likeness (QED) is 0.313. The molecule has 0 aromatic carbocycles. The van der Waals surface area contributed by atoms with Crippen LogP contribution in [-0.2, 0) is 18.6 Å². The van der Waals surface area contributed by atoms with Crippen LogP contribution in [0.1, 0.15) is 6.23 Å². The van der Waals surface area contributed by atoms with Gasteiger partial charge in [0, 0.05) is 7.11 Å². The third kappa shape index (κ3) is 5.06. The Morgan fingerprint density at radius 1 is 1.44 bits per heavy atom. The molecule has 0 aliphatic heterocycles. The van der Waals surface area contributed by atoms with Crippen molar-refractivity contribution in [2.24, 2.45) is 0 Å². The minimum absolute atomic E-state index is 0.00833. The highest BCUT2D eigenvalue weighted by atomic mass is 31.2. The molecule has 2 aromatic heterocycles. The molecule has 0 unspecified atom stereocenters. The summed E-state index contributed by atoms with van der Waals surface area (Å²) in [5.41, 5.74) is 5.01. The van der Waals surface area contributed by atoms with Gasteiger partial charge in [-0.25, -0.2) is 9.55 Å². The van der Waals surface area contributed by atoms with Gasteiger partial charge in [-0.05, 0) is 0 Å². The number of nitrogen functional groups attached to an aromatic ring is 1. The van der Waals surface area contributed by atoms with Crippen molar-refractivity contribution in [3.63, 3.8) is 0 Å². The Morgan fingerprint density at radius 2 is 2.16 bits per heavy atom. The zero-order chi connectivity index (χ0) is 18.6. The van der Waals surface area contributed by atoms with E-state index in [4.69, 9.17) is 25.0 Å². The van der Waals surface area contributed by atoms with Crippen LogP contribution in [0.5, 0.6) is 0 Å². The van der Waals surface area contributed by atoms with Gasteiger partial charge in [-0.15, -0.1) is 0 Å². The summed E-state index contributed by atoms with van der Waals surface area (Å²) in [7, 11) is -3.34. The molecule has 0 amide bonds. The summed E-state index contributed by atoms with van der Waals surface area (Å²) in [4.78, 5) is 39.5. The van der Waals surface area contributed by atoms with E-state index >= 15 is 0 Å². The van der Waals surface area contributed by atoms with Gasteiger partial charge < -0.3 is 30.1 Å². The average Bonchev–Trinajstić information content (AvgIpc) is 2.93. The van der Waals surface area contributed by atoms with E-state index in [1.807, 2.05) is 0 Å². The van der Waals surface area contributed by atoms with Crippen molar-refractivity contribution < 1.29 is 33.5 Å². The zero-order valence-electron chi connectivity index (χ0n) is 13.1. The lowest BCUT2D eigenvalue weighted by molar-refractivity contribution is -0.114. The van der Waals surface area contributed by atoms with Crippen molar-refractivity contribution in [3.8, 4) is 0 Å². The fraction of sp³-hybridized carbons (Fsp3) is 0.545. The second-order valence-electron chi connectivity index (χ2n) is 4.91. The highest BCUT2D eigenvalue weighted by Gasteiger charge is 2.24. The van der Waals surface area contributed by atoms with E-state index in [1.54, 1.807) is 0 Å². The number of aromatic amines is 1. The van der Waals surface area contributed by atoms with Crippen LogP contribution in [-0.4, -0.2) is 67.4 Å². The average molecular weight is 379 g/mol. The smallest absolute Gasteiger partial charge is 0.392 e. The minimum Gasteiger partial charge on any atom is -0.392 e. The molecule has 0 aliphatic rings. The predicted octanol–water partition coefficient (Wildman–Crippen LogP) is -1.67. The maximum atomic E-state index is 11.8. The van der Waals surface area contributed by atoms with Crippen LogP contribution >= 0.6 is 7.82 Å². The number of imidazole rings is 1. The number of aromatic nitrogens is 4. The molecular formula is C11H18N5O8P. The topological polar surface area (TPSA) is 195 Å². The third-order valence-corrected chi connectivity index (χ3v) is 3.53. The fourth-order valence-electron chi connectivity index (χ4n) is 2.07. The molecular weight excluding hydrogens is 361 g/mol. The van der Waals surface area contributed by atoms with Gasteiger partial charge in [-0.3, -0.25) is 18.9 Å². The maximum absolute atomic E-state index is 11.8. The predicted molar refractivity (Wildman–Crippen MR) is 83.4 cm³/mol. The second kappa shape index (κ2) is 8.01. The number of H-pyrrole nitrogens is 1. The molecule has 13 nitrogen and oxygen atoms in total. The number of nitrogens with zero attached hydrogens (tertiary/aromatic N) is 3. The van der Waals surface area contributed by atoms with Crippen LogP contribution in [0.15, 0.2) is 11.1 Å². The number of phosphoric ester groups is 1. The Kier molecular flexibility index (Phi) is 6.24. The summed E-state index contributed by atoms with van der Waals surface area (Å²) in [6.45, 7) is -1.10. The molecule has 6 N–H and O–H groups in total. The second-order valence-corrected chi connectivity index (χ2v) is 6.15. The molecule has 2 atom stereocenters. The van der Waals surface area contributed by atoms with E-state index in [-0.39, 0.29) is 23.7 Å². The molecule has 14 heteroatoms. The largest absolute Gasteiger partial charge is 0.469 e. The highest BCUT2D eigenvalue weighted by molar-refractivity contribution is 7.46. The maximum Gasteiger partial charge on any atom is 0.469 e. The van der Waals surface area contributed by atoms with Crippen molar-refractivity contribution in [1.82, 2.24) is 19.5 Å². The van der Waals surface area contributed by atoms with Gasteiger partial charge in [0.05, 0.1) is 26.1 Å². The Bertz CT molecular complexity index is 816. The van der Waals surface area contributed by atoms with Gasteiger partial charge in [0.25, 0.3) is 5.56 Å². The Morgan fingerprint density at radius 3 is 2.76 bits per heavy atom. The molecule has 0 aliphatic carbocycles.